The van der Waals surface area contributed by atoms with E-state index in [-0.39, 0.29) is 74.6 Å². The number of carbonyl (C=O) groups is 1. The Morgan fingerprint density at radius 1 is 1.29 bits per heavy atom. The molecule has 0 heterocycles. The first kappa shape index (κ1) is 21.0. The van der Waals surface area contributed by atoms with Crippen LogP contribution in [0.15, 0.2) is 12.1 Å². The number of esters is 1. The van der Waals surface area contributed by atoms with Crippen LogP contribution in [0, 0.1) is 6.92 Å². The zero-order valence-corrected chi connectivity index (χ0v) is 16.1. The molecule has 0 radical (unpaired) electrons. The van der Waals surface area contributed by atoms with Crippen LogP contribution in [0.25, 0.3) is 0 Å². The van der Waals surface area contributed by atoms with Gasteiger partial charge in [-0.2, -0.15) is 0 Å². The number of hydrogen-bond acceptors (Lipinski definition) is 3. The number of ether oxygens (including phenoxy) is 1. The predicted octanol–water partition coefficient (Wildman–Crippen LogP) is -0.480. The van der Waals surface area contributed by atoms with Gasteiger partial charge in [-0.15, -0.1) is 5.46 Å². The smallest absolute Gasteiger partial charge is 0.460 e. The van der Waals surface area contributed by atoms with Crippen LogP contribution in [-0.4, -0.2) is 18.5 Å². The van der Waals surface area contributed by atoms with Gasteiger partial charge in [0.25, 0.3) is 0 Å². The molecule has 112 valence electrons. The largest absolute Gasteiger partial charge is 1.00 e. The van der Waals surface area contributed by atoms with Crippen LogP contribution in [0.2, 0.25) is 0 Å². The average Bonchev–Trinajstić information content (AvgIpc) is 2.18. The van der Waals surface area contributed by atoms with Crippen molar-refractivity contribution in [1.82, 2.24) is 0 Å². The van der Waals surface area contributed by atoms with Crippen molar-refractivity contribution in [2.45, 2.75) is 39.7 Å². The summed E-state index contributed by atoms with van der Waals surface area (Å²) in [6, 6.07) is 2.28. The molecule has 1 aromatic rings. The second kappa shape index (κ2) is 7.50. The molecule has 0 saturated carbocycles. The normalized spacial score (nSPS) is 11.8. The van der Waals surface area contributed by atoms with E-state index in [0.717, 1.165) is 6.07 Å². The average molecular weight is 327 g/mol. The molecule has 0 saturated heterocycles. The molecule has 2 N–H and O–H groups in total. The zero-order chi connectivity index (χ0) is 15.7. The fourth-order valence-electron chi connectivity index (χ4n) is 1.88. The first-order valence-corrected chi connectivity index (χ1v) is 6.21. The Kier molecular flexibility index (Phi) is 7.49. The summed E-state index contributed by atoms with van der Waals surface area (Å²) >= 11 is 0. The van der Waals surface area contributed by atoms with Gasteiger partial charge >= 0.3 is 64.3 Å². The van der Waals surface area contributed by atoms with Crippen LogP contribution in [0.3, 0.4) is 0 Å². The van der Waals surface area contributed by atoms with Gasteiger partial charge in [-0.3, -0.25) is 4.79 Å². The van der Waals surface area contributed by atoms with Crippen molar-refractivity contribution in [1.29, 1.82) is 0 Å². The molecule has 8 heteroatoms. The van der Waals surface area contributed by atoms with E-state index in [9.17, 15) is 17.7 Å². The monoisotopic (exact) mass is 327 g/mol. The first-order valence-electron chi connectivity index (χ1n) is 6.21. The van der Waals surface area contributed by atoms with Crippen LogP contribution in [0.5, 0.6) is 0 Å². The summed E-state index contributed by atoms with van der Waals surface area (Å²) in [4.78, 5) is 11.7. The summed E-state index contributed by atoms with van der Waals surface area (Å²) in [6.07, 6.45) is -0.229. The Morgan fingerprint density at radius 3 is 2.24 bits per heavy atom. The summed E-state index contributed by atoms with van der Waals surface area (Å²) in [5, 5.41) is 0. The van der Waals surface area contributed by atoms with Crippen molar-refractivity contribution >= 4 is 24.1 Å². The molecule has 0 aromatic heterocycles. The number of anilines is 1. The predicted molar refractivity (Wildman–Crippen MR) is 73.9 cm³/mol. The number of nitrogen functional groups attached to an aromatic ring is 1. The molecule has 0 amide bonds. The van der Waals surface area contributed by atoms with Crippen LogP contribution in [0.1, 0.15) is 31.9 Å². The number of carbonyl (C=O) groups excluding carboxylic acids is 1. The third kappa shape index (κ3) is 6.73. The SMILES string of the molecule is Cc1c(CC(=O)OC(C)(C)C)cc(N)cc1[B-](F)(F)F.[K+]. The quantitative estimate of drug-likeness (QED) is 0.464. The van der Waals surface area contributed by atoms with E-state index in [1.165, 1.54) is 13.0 Å². The molecule has 1 aromatic carbocycles. The second-order valence-corrected chi connectivity index (χ2v) is 5.73. The minimum atomic E-state index is -5.16. The van der Waals surface area contributed by atoms with Gasteiger partial charge in [-0.25, -0.2) is 0 Å². The summed E-state index contributed by atoms with van der Waals surface area (Å²) in [5.41, 5.74) is 4.31. The van der Waals surface area contributed by atoms with Gasteiger partial charge in [0, 0.05) is 5.69 Å². The Balaban J connectivity index is 0.00000400. The molecule has 0 bridgehead atoms. The number of halogens is 3. The van der Waals surface area contributed by atoms with Gasteiger partial charge in [0.1, 0.15) is 5.60 Å². The Bertz CT molecular complexity index is 527. The number of benzene rings is 1. The standard InChI is InChI=1S/C13H18BF3NO2.K/c1-8-9(6-12(19)20-13(2,3)4)5-10(18)7-11(8)14(15,16)17;/h5,7H,6,18H2,1-4H3;/q-1;+1. The van der Waals surface area contributed by atoms with E-state index in [1.807, 2.05) is 0 Å². The van der Waals surface area contributed by atoms with Crippen molar-refractivity contribution in [3.8, 4) is 0 Å². The molecule has 0 unspecified atom stereocenters. The molecule has 0 aliphatic rings. The zero-order valence-electron chi connectivity index (χ0n) is 13.0. The van der Waals surface area contributed by atoms with E-state index in [0.29, 0.717) is 0 Å². The third-order valence-electron chi connectivity index (χ3n) is 2.69. The third-order valence-corrected chi connectivity index (χ3v) is 2.69. The van der Waals surface area contributed by atoms with E-state index < -0.39 is 24.0 Å². The molecule has 21 heavy (non-hydrogen) atoms. The molecular formula is C13H18BF3KNO2. The Hall–Kier alpha value is -0.0187. The van der Waals surface area contributed by atoms with Crippen molar-refractivity contribution in [3.63, 3.8) is 0 Å². The van der Waals surface area contributed by atoms with Crippen LogP contribution < -0.4 is 62.6 Å². The van der Waals surface area contributed by atoms with Gasteiger partial charge < -0.3 is 23.4 Å². The topological polar surface area (TPSA) is 52.3 Å². The van der Waals surface area contributed by atoms with Gasteiger partial charge in [0.2, 0.25) is 0 Å². The number of hydrogen-bond donors (Lipinski definition) is 1. The van der Waals surface area contributed by atoms with Crippen LogP contribution in [0.4, 0.5) is 18.6 Å². The molecule has 0 spiro atoms. The van der Waals surface area contributed by atoms with E-state index in [1.54, 1.807) is 20.8 Å². The minimum Gasteiger partial charge on any atom is -0.460 e. The fourth-order valence-corrected chi connectivity index (χ4v) is 1.88. The fraction of sp³-hybridized carbons (Fsp3) is 0.462. The molecule has 0 aliphatic carbocycles. The summed E-state index contributed by atoms with van der Waals surface area (Å²) < 4.78 is 43.8. The van der Waals surface area contributed by atoms with Crippen LogP contribution >= 0.6 is 0 Å². The summed E-state index contributed by atoms with van der Waals surface area (Å²) in [5.74, 6) is -0.577. The molecular weight excluding hydrogens is 309 g/mol. The van der Waals surface area contributed by atoms with Crippen molar-refractivity contribution < 1.29 is 73.9 Å². The van der Waals surface area contributed by atoms with Gasteiger partial charge in [0.05, 0.1) is 6.42 Å². The minimum absolute atomic E-state index is 0. The maximum atomic E-state index is 12.9. The maximum Gasteiger partial charge on any atom is 1.00 e. The summed E-state index contributed by atoms with van der Waals surface area (Å²) in [6.45, 7) is 1.26. The number of rotatable bonds is 3. The van der Waals surface area contributed by atoms with Gasteiger partial charge in [-0.1, -0.05) is 11.6 Å². The van der Waals surface area contributed by atoms with E-state index in [2.05, 4.69) is 0 Å². The van der Waals surface area contributed by atoms with Crippen molar-refractivity contribution in [2.75, 3.05) is 5.73 Å². The van der Waals surface area contributed by atoms with Gasteiger partial charge in [0.15, 0.2) is 0 Å². The van der Waals surface area contributed by atoms with Gasteiger partial charge in [-0.05, 0) is 39.3 Å². The van der Waals surface area contributed by atoms with Crippen molar-refractivity contribution in [2.24, 2.45) is 0 Å². The number of nitrogens with two attached hydrogens (primary N) is 1. The van der Waals surface area contributed by atoms with Crippen LogP contribution in [-0.2, 0) is 16.0 Å². The Labute approximate surface area is 165 Å². The van der Waals surface area contributed by atoms with Crippen molar-refractivity contribution in [3.05, 3.63) is 23.3 Å². The molecule has 0 fully saturated rings. The van der Waals surface area contributed by atoms with E-state index in [4.69, 9.17) is 10.5 Å². The van der Waals surface area contributed by atoms with E-state index >= 15 is 0 Å². The first-order chi connectivity index (χ1) is 8.90. The second-order valence-electron chi connectivity index (χ2n) is 5.73. The molecule has 3 nitrogen and oxygen atoms in total. The molecule has 0 atom stereocenters. The molecule has 1 rings (SSSR count). The maximum absolute atomic E-state index is 12.9. The Morgan fingerprint density at radius 2 is 1.81 bits per heavy atom. The molecule has 0 aliphatic heterocycles. The summed E-state index contributed by atoms with van der Waals surface area (Å²) in [7, 11) is 0.